The molecule has 0 saturated carbocycles. The van der Waals surface area contributed by atoms with E-state index in [1.807, 2.05) is 23.6 Å². The van der Waals surface area contributed by atoms with Gasteiger partial charge in [-0.1, -0.05) is 97.1 Å². The molecule has 190 valence electrons. The van der Waals surface area contributed by atoms with E-state index in [2.05, 4.69) is 126 Å². The summed E-state index contributed by atoms with van der Waals surface area (Å²) < 4.78 is 2.66. The van der Waals surface area contributed by atoms with Crippen molar-refractivity contribution in [1.82, 2.24) is 9.97 Å². The molecule has 41 heavy (non-hydrogen) atoms. The van der Waals surface area contributed by atoms with Crippen molar-refractivity contribution in [2.24, 2.45) is 0 Å². The predicted molar refractivity (Wildman–Crippen MR) is 173 cm³/mol. The standard InChI is InChI=1S/C38H22N2S/c1-2-12-28-27(11-1)33-21-23(25-15-7-16-32-30-13-5-6-17-35(30)41-37(25)32)18-19-29(33)26-10-3-4-14-31(26)36-34(28)22-24-9-8-20-39-38(24)40-36/h1-22H. The number of pyridine rings is 2. The Morgan fingerprint density at radius 1 is 0.463 bits per heavy atom. The van der Waals surface area contributed by atoms with Crippen molar-refractivity contribution >= 4 is 42.5 Å². The van der Waals surface area contributed by atoms with Crippen molar-refractivity contribution in [1.29, 1.82) is 0 Å². The van der Waals surface area contributed by atoms with Crippen molar-refractivity contribution < 1.29 is 0 Å². The highest BCUT2D eigenvalue weighted by molar-refractivity contribution is 7.26. The van der Waals surface area contributed by atoms with Gasteiger partial charge in [0.2, 0.25) is 0 Å². The van der Waals surface area contributed by atoms with E-state index in [0.29, 0.717) is 0 Å². The van der Waals surface area contributed by atoms with Crippen LogP contribution in [0, 0.1) is 0 Å². The zero-order chi connectivity index (χ0) is 26.9. The van der Waals surface area contributed by atoms with Crippen LogP contribution in [0.25, 0.3) is 87.0 Å². The van der Waals surface area contributed by atoms with Crippen LogP contribution >= 0.6 is 11.3 Å². The van der Waals surface area contributed by atoms with Crippen LogP contribution < -0.4 is 0 Å². The minimum absolute atomic E-state index is 0.770. The smallest absolute Gasteiger partial charge is 0.159 e. The average molecular weight is 539 g/mol. The highest BCUT2D eigenvalue weighted by atomic mass is 32.1. The summed E-state index contributed by atoms with van der Waals surface area (Å²) in [6.07, 6.45) is 1.82. The molecule has 9 rings (SSSR count). The van der Waals surface area contributed by atoms with E-state index < -0.39 is 0 Å². The molecule has 1 aliphatic rings. The molecule has 0 spiro atoms. The number of aromatic nitrogens is 2. The minimum atomic E-state index is 0.770. The highest BCUT2D eigenvalue weighted by Crippen LogP contribution is 2.49. The second-order valence-corrected chi connectivity index (χ2v) is 11.6. The van der Waals surface area contributed by atoms with Crippen molar-refractivity contribution in [2.45, 2.75) is 0 Å². The lowest BCUT2D eigenvalue weighted by molar-refractivity contribution is 1.29. The third-order valence-electron chi connectivity index (χ3n) is 8.30. The number of thiophene rings is 1. The normalized spacial score (nSPS) is 11.9. The number of fused-ring (bicyclic) bond motifs is 12. The maximum absolute atomic E-state index is 5.14. The molecule has 1 aliphatic carbocycles. The van der Waals surface area contributed by atoms with Gasteiger partial charge in [-0.25, -0.2) is 9.97 Å². The molecule has 2 nitrogen and oxygen atoms in total. The highest BCUT2D eigenvalue weighted by Gasteiger charge is 2.24. The van der Waals surface area contributed by atoms with E-state index in [9.17, 15) is 0 Å². The summed E-state index contributed by atoms with van der Waals surface area (Å²) in [5.41, 5.74) is 12.6. The number of hydrogen-bond donors (Lipinski definition) is 0. The Hall–Kier alpha value is -5.12. The first-order valence-corrected chi connectivity index (χ1v) is 14.7. The van der Waals surface area contributed by atoms with Crippen LogP contribution in [0.4, 0.5) is 0 Å². The molecular weight excluding hydrogens is 516 g/mol. The van der Waals surface area contributed by atoms with Crippen LogP contribution in [0.5, 0.6) is 0 Å². The summed E-state index contributed by atoms with van der Waals surface area (Å²) in [6, 6.07) is 46.2. The van der Waals surface area contributed by atoms with Crippen LogP contribution in [-0.4, -0.2) is 9.97 Å². The monoisotopic (exact) mass is 538 g/mol. The van der Waals surface area contributed by atoms with Crippen LogP contribution in [0.2, 0.25) is 0 Å². The Labute approximate surface area is 241 Å². The quantitative estimate of drug-likeness (QED) is 0.208. The fourth-order valence-electron chi connectivity index (χ4n) is 6.44. The molecule has 0 aliphatic heterocycles. The van der Waals surface area contributed by atoms with Crippen LogP contribution in [-0.2, 0) is 0 Å². The fourth-order valence-corrected chi connectivity index (χ4v) is 7.68. The zero-order valence-electron chi connectivity index (χ0n) is 22.0. The van der Waals surface area contributed by atoms with Gasteiger partial charge in [0.1, 0.15) is 0 Å². The van der Waals surface area contributed by atoms with Gasteiger partial charge in [0.25, 0.3) is 0 Å². The van der Waals surface area contributed by atoms with Gasteiger partial charge in [0.05, 0.1) is 5.69 Å². The average Bonchev–Trinajstić information content (AvgIpc) is 3.42. The van der Waals surface area contributed by atoms with Gasteiger partial charge >= 0.3 is 0 Å². The van der Waals surface area contributed by atoms with E-state index in [0.717, 1.165) is 27.9 Å². The maximum Gasteiger partial charge on any atom is 0.159 e. The number of hydrogen-bond acceptors (Lipinski definition) is 3. The maximum atomic E-state index is 5.14. The van der Waals surface area contributed by atoms with Crippen molar-refractivity contribution in [3.63, 3.8) is 0 Å². The summed E-state index contributed by atoms with van der Waals surface area (Å²) in [5, 5.41) is 3.69. The van der Waals surface area contributed by atoms with Gasteiger partial charge < -0.3 is 0 Å². The van der Waals surface area contributed by atoms with Crippen molar-refractivity contribution in [3.8, 4) is 55.8 Å². The van der Waals surface area contributed by atoms with E-state index in [1.54, 1.807) is 0 Å². The summed E-state index contributed by atoms with van der Waals surface area (Å²) >= 11 is 1.88. The molecule has 0 fully saturated rings. The first kappa shape index (κ1) is 22.7. The van der Waals surface area contributed by atoms with E-state index >= 15 is 0 Å². The molecule has 0 atom stereocenters. The molecular formula is C38H22N2S. The zero-order valence-corrected chi connectivity index (χ0v) is 22.8. The van der Waals surface area contributed by atoms with Gasteiger partial charge in [0, 0.05) is 42.9 Å². The number of benzene rings is 5. The Kier molecular flexibility index (Phi) is 4.80. The Morgan fingerprint density at radius 2 is 1.15 bits per heavy atom. The summed E-state index contributed by atoms with van der Waals surface area (Å²) in [6.45, 7) is 0. The fraction of sp³-hybridized carbons (Fsp3) is 0. The Bertz CT molecular complexity index is 2330. The SMILES string of the molecule is c1ccc2c(c1)-c1cc(-c3cccc4c3sc3ccccc34)ccc1-c1ccccc1-c1nc3ncccc3cc1-2. The van der Waals surface area contributed by atoms with Crippen LogP contribution in [0.15, 0.2) is 134 Å². The van der Waals surface area contributed by atoms with E-state index in [-0.39, 0.29) is 0 Å². The molecule has 3 aromatic heterocycles. The Balaban J connectivity index is 1.36. The second-order valence-electron chi connectivity index (χ2n) is 10.6. The topological polar surface area (TPSA) is 25.8 Å². The molecule has 0 amide bonds. The number of rotatable bonds is 1. The predicted octanol–water partition coefficient (Wildman–Crippen LogP) is 10.6. The lowest BCUT2D eigenvalue weighted by Gasteiger charge is -2.23. The van der Waals surface area contributed by atoms with Gasteiger partial charge in [-0.2, -0.15) is 0 Å². The summed E-state index contributed by atoms with van der Waals surface area (Å²) in [7, 11) is 0. The van der Waals surface area contributed by atoms with Gasteiger partial charge in [-0.05, 0) is 69.3 Å². The molecule has 0 radical (unpaired) electrons. The molecule has 0 unspecified atom stereocenters. The van der Waals surface area contributed by atoms with Gasteiger partial charge in [-0.3, -0.25) is 0 Å². The van der Waals surface area contributed by atoms with Crippen molar-refractivity contribution in [2.75, 3.05) is 0 Å². The molecule has 5 aromatic carbocycles. The molecule has 8 aromatic rings. The molecule has 3 heteroatoms. The van der Waals surface area contributed by atoms with Crippen LogP contribution in [0.3, 0.4) is 0 Å². The van der Waals surface area contributed by atoms with Gasteiger partial charge in [-0.15, -0.1) is 11.3 Å². The number of nitrogens with zero attached hydrogens (tertiary/aromatic N) is 2. The summed E-state index contributed by atoms with van der Waals surface area (Å²) in [4.78, 5) is 9.73. The van der Waals surface area contributed by atoms with Gasteiger partial charge in [0.15, 0.2) is 5.65 Å². The molecule has 0 N–H and O–H groups in total. The Morgan fingerprint density at radius 3 is 2.02 bits per heavy atom. The lowest BCUT2D eigenvalue weighted by Crippen LogP contribution is -2.00. The molecule has 0 saturated heterocycles. The lowest BCUT2D eigenvalue weighted by atomic mass is 9.81. The second kappa shape index (κ2) is 8.69. The minimum Gasteiger partial charge on any atom is -0.237 e. The van der Waals surface area contributed by atoms with E-state index in [1.165, 1.54) is 59.1 Å². The third kappa shape index (κ3) is 3.36. The summed E-state index contributed by atoms with van der Waals surface area (Å²) in [5.74, 6) is 0. The molecule has 3 heterocycles. The van der Waals surface area contributed by atoms with Crippen molar-refractivity contribution in [3.05, 3.63) is 134 Å². The first-order chi connectivity index (χ1) is 20.3. The largest absolute Gasteiger partial charge is 0.237 e. The molecule has 0 bridgehead atoms. The third-order valence-corrected chi connectivity index (χ3v) is 9.52. The van der Waals surface area contributed by atoms with E-state index in [4.69, 9.17) is 4.98 Å². The first-order valence-electron chi connectivity index (χ1n) is 13.8. The van der Waals surface area contributed by atoms with Crippen LogP contribution in [0.1, 0.15) is 0 Å².